The summed E-state index contributed by atoms with van der Waals surface area (Å²) < 4.78 is 7.36. The Labute approximate surface area is 95.2 Å². The summed E-state index contributed by atoms with van der Waals surface area (Å²) in [4.78, 5) is 2.35. The van der Waals surface area contributed by atoms with Crippen molar-refractivity contribution in [2.75, 3.05) is 25.9 Å². The first-order valence-corrected chi connectivity index (χ1v) is 5.87. The maximum absolute atomic E-state index is 6.13. The Morgan fingerprint density at radius 1 is 1.31 bits per heavy atom. The minimum atomic E-state index is 0.474. The van der Waals surface area contributed by atoms with Crippen molar-refractivity contribution in [2.24, 2.45) is 0 Å². The van der Waals surface area contributed by atoms with Gasteiger partial charge in [-0.05, 0) is 33.0 Å². The number of ether oxygens (including phenoxy) is 1. The summed E-state index contributed by atoms with van der Waals surface area (Å²) in [6.07, 6.45) is 2.28. The molecule has 1 aromatic rings. The van der Waals surface area contributed by atoms with E-state index in [9.17, 15) is 0 Å². The molecule has 0 bridgehead atoms. The molecular weight excluding hydrogens is 204 g/mol. The second kappa shape index (κ2) is 3.75. The van der Waals surface area contributed by atoms with Gasteiger partial charge in [-0.25, -0.2) is 4.68 Å². The number of nitrogens with zero attached hydrogens (tertiary/aromatic N) is 3. The third-order valence-corrected chi connectivity index (χ3v) is 3.65. The van der Waals surface area contributed by atoms with Crippen LogP contribution in [0.15, 0.2) is 0 Å². The fourth-order valence-corrected chi connectivity index (χ4v) is 2.57. The zero-order valence-corrected chi connectivity index (χ0v) is 9.65. The number of nitrogen functional groups attached to an aromatic ring is 1. The van der Waals surface area contributed by atoms with Gasteiger partial charge >= 0.3 is 0 Å². The molecule has 0 aromatic carbocycles. The maximum Gasteiger partial charge on any atom is 0.127 e. The Morgan fingerprint density at radius 2 is 2.06 bits per heavy atom. The first kappa shape index (κ1) is 10.1. The topological polar surface area (TPSA) is 56.3 Å². The van der Waals surface area contributed by atoms with Gasteiger partial charge in [-0.2, -0.15) is 5.10 Å². The molecule has 3 rings (SSSR count). The maximum atomic E-state index is 6.13. The lowest BCUT2D eigenvalue weighted by Gasteiger charge is -2.29. The van der Waals surface area contributed by atoms with Gasteiger partial charge in [0.2, 0.25) is 0 Å². The highest BCUT2D eigenvalue weighted by Crippen LogP contribution is 2.30. The zero-order valence-electron chi connectivity index (χ0n) is 9.65. The van der Waals surface area contributed by atoms with Crippen LogP contribution in [0.25, 0.3) is 0 Å². The first-order chi connectivity index (χ1) is 7.75. The molecule has 0 amide bonds. The standard InChI is InChI=1S/C11H18N4O/c1-14-4-2-8(3-5-14)15-11(12)9-6-16-7-10(9)13-15/h8H,2-7,12H2,1H3. The number of likely N-dealkylation sites (tertiary alicyclic amines) is 1. The van der Waals surface area contributed by atoms with Crippen LogP contribution in [0, 0.1) is 0 Å². The lowest BCUT2D eigenvalue weighted by Crippen LogP contribution is -2.32. The summed E-state index contributed by atoms with van der Waals surface area (Å²) in [6.45, 7) is 3.52. The van der Waals surface area contributed by atoms with Crippen LogP contribution in [0.3, 0.4) is 0 Å². The summed E-state index contributed by atoms with van der Waals surface area (Å²) in [7, 11) is 2.16. The van der Waals surface area contributed by atoms with Crippen molar-refractivity contribution in [1.82, 2.24) is 14.7 Å². The SMILES string of the molecule is CN1CCC(n2nc3c(c2N)COC3)CC1. The predicted molar refractivity (Wildman–Crippen MR) is 60.9 cm³/mol. The minimum absolute atomic E-state index is 0.474. The molecule has 0 spiro atoms. The molecule has 88 valence electrons. The zero-order chi connectivity index (χ0) is 11.1. The number of hydrogen-bond donors (Lipinski definition) is 1. The fourth-order valence-electron chi connectivity index (χ4n) is 2.57. The van der Waals surface area contributed by atoms with Crippen LogP contribution in [0.2, 0.25) is 0 Å². The van der Waals surface area contributed by atoms with Crippen LogP contribution < -0.4 is 5.73 Å². The Morgan fingerprint density at radius 3 is 2.75 bits per heavy atom. The van der Waals surface area contributed by atoms with Crippen molar-refractivity contribution in [3.63, 3.8) is 0 Å². The van der Waals surface area contributed by atoms with Crippen molar-refractivity contribution in [3.8, 4) is 0 Å². The lowest BCUT2D eigenvalue weighted by atomic mass is 10.1. The van der Waals surface area contributed by atoms with E-state index in [0.29, 0.717) is 19.3 Å². The predicted octanol–water partition coefficient (Wildman–Crippen LogP) is 0.762. The second-order valence-corrected chi connectivity index (χ2v) is 4.78. The molecule has 2 aliphatic rings. The second-order valence-electron chi connectivity index (χ2n) is 4.78. The molecule has 1 aromatic heterocycles. The van der Waals surface area contributed by atoms with E-state index in [-0.39, 0.29) is 0 Å². The number of fused-ring (bicyclic) bond motifs is 1. The molecule has 1 saturated heterocycles. The Bertz CT molecular complexity index is 393. The van der Waals surface area contributed by atoms with E-state index >= 15 is 0 Å². The molecule has 1 fully saturated rings. The highest BCUT2D eigenvalue weighted by molar-refractivity contribution is 5.44. The molecule has 5 nitrogen and oxygen atoms in total. The third kappa shape index (κ3) is 1.51. The average Bonchev–Trinajstić information content (AvgIpc) is 2.84. The molecule has 0 saturated carbocycles. The van der Waals surface area contributed by atoms with Gasteiger partial charge in [-0.1, -0.05) is 0 Å². The monoisotopic (exact) mass is 222 g/mol. The number of rotatable bonds is 1. The Balaban J connectivity index is 1.84. The summed E-state index contributed by atoms with van der Waals surface area (Å²) in [5, 5.41) is 4.59. The number of aromatic nitrogens is 2. The van der Waals surface area contributed by atoms with Gasteiger partial charge in [0.05, 0.1) is 24.9 Å². The van der Waals surface area contributed by atoms with Gasteiger partial charge in [0.15, 0.2) is 0 Å². The molecule has 5 heteroatoms. The smallest absolute Gasteiger partial charge is 0.127 e. The number of nitrogens with two attached hydrogens (primary N) is 1. The fraction of sp³-hybridized carbons (Fsp3) is 0.727. The molecule has 0 aliphatic carbocycles. The summed E-state index contributed by atoms with van der Waals surface area (Å²) in [5.74, 6) is 0.821. The largest absolute Gasteiger partial charge is 0.384 e. The Kier molecular flexibility index (Phi) is 2.37. The van der Waals surface area contributed by atoms with E-state index in [1.165, 1.54) is 0 Å². The van der Waals surface area contributed by atoms with Gasteiger partial charge in [0.25, 0.3) is 0 Å². The van der Waals surface area contributed by atoms with Gasteiger partial charge in [0.1, 0.15) is 5.82 Å². The highest BCUT2D eigenvalue weighted by atomic mass is 16.5. The van der Waals surface area contributed by atoms with Crippen LogP contribution in [-0.2, 0) is 18.0 Å². The normalized spacial score (nSPS) is 22.6. The van der Waals surface area contributed by atoms with Crippen LogP contribution >= 0.6 is 0 Å². The third-order valence-electron chi connectivity index (χ3n) is 3.65. The number of anilines is 1. The molecule has 2 N–H and O–H groups in total. The molecule has 0 atom stereocenters. The van der Waals surface area contributed by atoms with Crippen molar-refractivity contribution >= 4 is 5.82 Å². The van der Waals surface area contributed by atoms with Crippen LogP contribution in [-0.4, -0.2) is 34.8 Å². The Hall–Kier alpha value is -1.07. The van der Waals surface area contributed by atoms with E-state index in [0.717, 1.165) is 43.0 Å². The van der Waals surface area contributed by atoms with Gasteiger partial charge < -0.3 is 15.4 Å². The van der Waals surface area contributed by atoms with Crippen molar-refractivity contribution < 1.29 is 4.74 Å². The molecule has 16 heavy (non-hydrogen) atoms. The van der Waals surface area contributed by atoms with Crippen molar-refractivity contribution in [1.29, 1.82) is 0 Å². The van der Waals surface area contributed by atoms with E-state index in [4.69, 9.17) is 10.5 Å². The minimum Gasteiger partial charge on any atom is -0.384 e. The van der Waals surface area contributed by atoms with Gasteiger partial charge in [0, 0.05) is 5.56 Å². The summed E-state index contributed by atoms with van der Waals surface area (Å²) in [5.41, 5.74) is 8.28. The molecule has 2 aliphatic heterocycles. The number of hydrogen-bond acceptors (Lipinski definition) is 4. The molecular formula is C11H18N4O. The van der Waals surface area contributed by atoms with E-state index < -0.39 is 0 Å². The number of piperidine rings is 1. The van der Waals surface area contributed by atoms with Crippen LogP contribution in [0.5, 0.6) is 0 Å². The van der Waals surface area contributed by atoms with Crippen molar-refractivity contribution in [2.45, 2.75) is 32.1 Å². The van der Waals surface area contributed by atoms with Gasteiger partial charge in [-0.3, -0.25) is 0 Å². The average molecular weight is 222 g/mol. The summed E-state index contributed by atoms with van der Waals surface area (Å²) in [6, 6.07) is 0.474. The van der Waals surface area contributed by atoms with Crippen LogP contribution in [0.1, 0.15) is 30.1 Å². The lowest BCUT2D eigenvalue weighted by molar-refractivity contribution is 0.129. The molecule has 0 radical (unpaired) electrons. The van der Waals surface area contributed by atoms with E-state index in [1.54, 1.807) is 0 Å². The first-order valence-electron chi connectivity index (χ1n) is 5.87. The van der Waals surface area contributed by atoms with Crippen LogP contribution in [0.4, 0.5) is 5.82 Å². The highest BCUT2D eigenvalue weighted by Gasteiger charge is 2.26. The quantitative estimate of drug-likeness (QED) is 0.762. The van der Waals surface area contributed by atoms with E-state index in [2.05, 4.69) is 17.0 Å². The van der Waals surface area contributed by atoms with E-state index in [1.807, 2.05) is 4.68 Å². The summed E-state index contributed by atoms with van der Waals surface area (Å²) >= 11 is 0. The van der Waals surface area contributed by atoms with Crippen molar-refractivity contribution in [3.05, 3.63) is 11.3 Å². The molecule has 0 unspecified atom stereocenters. The molecule has 3 heterocycles. The van der Waals surface area contributed by atoms with Gasteiger partial charge in [-0.15, -0.1) is 0 Å².